The molecule has 0 bridgehead atoms. The second-order valence-corrected chi connectivity index (χ2v) is 12.6. The number of carbonyl (C=O) groups is 1. The number of esters is 1. The van der Waals surface area contributed by atoms with Crippen LogP contribution in [0.3, 0.4) is 0 Å². The molecule has 0 spiro atoms. The monoisotopic (exact) mass is 720 g/mol. The van der Waals surface area contributed by atoms with E-state index >= 15 is 0 Å². The highest BCUT2D eigenvalue weighted by Gasteiger charge is 2.33. The first-order chi connectivity index (χ1) is 20.6. The Morgan fingerprint density at radius 3 is 2.49 bits per heavy atom. The summed E-state index contributed by atoms with van der Waals surface area (Å²) in [5.41, 5.74) is 2.65. The van der Waals surface area contributed by atoms with Gasteiger partial charge in [0, 0.05) is 20.6 Å². The summed E-state index contributed by atoms with van der Waals surface area (Å²) >= 11 is 23.3. The topological polar surface area (TPSA) is 79.1 Å². The molecule has 2 heterocycles. The third-order valence-electron chi connectivity index (χ3n) is 6.64. The van der Waals surface area contributed by atoms with Crippen LogP contribution < -0.4 is 24.4 Å². The fourth-order valence-corrected chi connectivity index (χ4v) is 6.87. The average Bonchev–Trinajstić information content (AvgIpc) is 3.26. The number of benzene rings is 3. The van der Waals surface area contributed by atoms with E-state index < -0.39 is 12.0 Å². The van der Waals surface area contributed by atoms with Crippen molar-refractivity contribution < 1.29 is 19.0 Å². The fraction of sp³-hybridized carbons (Fsp3) is 0.194. The Hall–Kier alpha value is -3.08. The van der Waals surface area contributed by atoms with Gasteiger partial charge in [0.1, 0.15) is 6.61 Å². The van der Waals surface area contributed by atoms with Crippen molar-refractivity contribution in [2.75, 3.05) is 13.7 Å². The number of ether oxygens (including phenoxy) is 3. The summed E-state index contributed by atoms with van der Waals surface area (Å²) in [7, 11) is 1.54. The van der Waals surface area contributed by atoms with Crippen molar-refractivity contribution in [2.24, 2.45) is 4.99 Å². The molecule has 1 aliphatic rings. The molecule has 0 fully saturated rings. The van der Waals surface area contributed by atoms with Gasteiger partial charge in [-0.3, -0.25) is 9.36 Å². The highest BCUT2D eigenvalue weighted by atomic mass is 79.9. The summed E-state index contributed by atoms with van der Waals surface area (Å²) in [5, 5.41) is 1.57. The van der Waals surface area contributed by atoms with Crippen molar-refractivity contribution >= 4 is 74.1 Å². The van der Waals surface area contributed by atoms with Crippen molar-refractivity contribution in [1.29, 1.82) is 0 Å². The minimum absolute atomic E-state index is 0.190. The highest BCUT2D eigenvalue weighted by molar-refractivity contribution is 9.10. The first-order valence-electron chi connectivity index (χ1n) is 13.0. The van der Waals surface area contributed by atoms with Crippen LogP contribution in [0.2, 0.25) is 15.1 Å². The number of nitrogens with zero attached hydrogens (tertiary/aromatic N) is 2. The summed E-state index contributed by atoms with van der Waals surface area (Å²) in [6.45, 7) is 3.85. The summed E-state index contributed by atoms with van der Waals surface area (Å²) in [6.07, 6.45) is 1.75. The van der Waals surface area contributed by atoms with E-state index in [0.29, 0.717) is 62.8 Å². The van der Waals surface area contributed by atoms with Crippen LogP contribution in [0.4, 0.5) is 0 Å². The van der Waals surface area contributed by atoms with Crippen molar-refractivity contribution in [3.05, 3.63) is 122 Å². The fourth-order valence-electron chi connectivity index (χ4n) is 4.66. The number of hydrogen-bond acceptors (Lipinski definition) is 7. The Morgan fingerprint density at radius 2 is 1.81 bits per heavy atom. The predicted octanol–water partition coefficient (Wildman–Crippen LogP) is 7.11. The smallest absolute Gasteiger partial charge is 0.338 e. The van der Waals surface area contributed by atoms with Crippen molar-refractivity contribution in [3.8, 4) is 11.5 Å². The second kappa shape index (κ2) is 13.3. The van der Waals surface area contributed by atoms with Crippen LogP contribution in [-0.2, 0) is 16.1 Å². The van der Waals surface area contributed by atoms with Crippen molar-refractivity contribution in [3.63, 3.8) is 0 Å². The number of rotatable bonds is 8. The third kappa shape index (κ3) is 6.56. The number of halogens is 4. The molecule has 1 aromatic heterocycles. The summed E-state index contributed by atoms with van der Waals surface area (Å²) in [5.74, 6) is 0.407. The number of aromatic nitrogens is 1. The van der Waals surface area contributed by atoms with E-state index in [2.05, 4.69) is 20.9 Å². The average molecular weight is 723 g/mol. The van der Waals surface area contributed by atoms with E-state index in [0.717, 1.165) is 5.56 Å². The number of allylic oxidation sites excluding steroid dienone is 1. The maximum absolute atomic E-state index is 13.9. The van der Waals surface area contributed by atoms with E-state index in [1.54, 1.807) is 68.5 Å². The lowest BCUT2D eigenvalue weighted by molar-refractivity contribution is -0.139. The summed E-state index contributed by atoms with van der Waals surface area (Å²) in [4.78, 5) is 32.1. The molecule has 1 aliphatic heterocycles. The first-order valence-corrected chi connectivity index (χ1v) is 15.7. The summed E-state index contributed by atoms with van der Waals surface area (Å²) < 4.78 is 19.6. The molecule has 0 saturated heterocycles. The van der Waals surface area contributed by atoms with Gasteiger partial charge < -0.3 is 14.2 Å². The zero-order chi connectivity index (χ0) is 30.8. The lowest BCUT2D eigenvalue weighted by Gasteiger charge is -2.24. The van der Waals surface area contributed by atoms with Gasteiger partial charge in [0.2, 0.25) is 0 Å². The lowest BCUT2D eigenvalue weighted by atomic mass is 9.96. The maximum atomic E-state index is 13.9. The molecule has 0 amide bonds. The Morgan fingerprint density at radius 1 is 1.09 bits per heavy atom. The van der Waals surface area contributed by atoms with Crippen LogP contribution in [0.25, 0.3) is 6.08 Å². The van der Waals surface area contributed by atoms with E-state index in [-0.39, 0.29) is 18.8 Å². The Kier molecular flexibility index (Phi) is 9.68. The standard InChI is InChI=1S/C31H24BrCl3N2O5S/c1-4-41-30(39)26-16(2)36-31-37(27(26)18-5-8-20(33)9-6-18)29(38)25(43-31)13-17-11-22(32)28(24(12-17)40-3)42-15-19-7-10-21(34)14-23(19)35/h5-14,27H,4,15H2,1-3H3/t27-/m0/s1. The first kappa shape index (κ1) is 31.3. The maximum Gasteiger partial charge on any atom is 0.338 e. The SMILES string of the molecule is CCOC(=O)C1=C(C)N=c2sc(=Cc3cc(Br)c(OCc4ccc(Cl)cc4Cl)c(OC)c3)c(=O)n2[C@H]1c1ccc(Cl)cc1. The zero-order valence-electron chi connectivity index (χ0n) is 23.1. The van der Waals surface area contributed by atoms with Gasteiger partial charge in [-0.2, -0.15) is 0 Å². The van der Waals surface area contributed by atoms with Crippen LogP contribution in [0, 0.1) is 0 Å². The normalized spacial score (nSPS) is 14.8. The number of thiazole rings is 1. The molecule has 0 saturated carbocycles. The number of methoxy groups -OCH3 is 1. The van der Waals surface area contributed by atoms with Crippen LogP contribution in [-0.4, -0.2) is 24.3 Å². The van der Waals surface area contributed by atoms with Gasteiger partial charge in [-0.15, -0.1) is 0 Å². The van der Waals surface area contributed by atoms with E-state index in [9.17, 15) is 9.59 Å². The highest BCUT2D eigenvalue weighted by Crippen LogP contribution is 2.38. The molecule has 5 rings (SSSR count). The molecule has 43 heavy (non-hydrogen) atoms. The predicted molar refractivity (Wildman–Crippen MR) is 173 cm³/mol. The van der Waals surface area contributed by atoms with Gasteiger partial charge in [-0.1, -0.05) is 64.3 Å². The number of hydrogen-bond donors (Lipinski definition) is 0. The van der Waals surface area contributed by atoms with Crippen molar-refractivity contribution in [1.82, 2.24) is 4.57 Å². The minimum atomic E-state index is -0.730. The molecular formula is C31H24BrCl3N2O5S. The van der Waals surface area contributed by atoms with Gasteiger partial charge in [-0.25, -0.2) is 9.79 Å². The third-order valence-corrected chi connectivity index (χ3v) is 9.05. The molecule has 3 aromatic carbocycles. The van der Waals surface area contributed by atoms with Crippen LogP contribution in [0.15, 0.2) is 80.1 Å². The van der Waals surface area contributed by atoms with E-state index in [4.69, 9.17) is 49.0 Å². The quantitative estimate of drug-likeness (QED) is 0.181. The van der Waals surface area contributed by atoms with E-state index in [1.165, 1.54) is 23.0 Å². The molecule has 222 valence electrons. The van der Waals surface area contributed by atoms with E-state index in [1.807, 2.05) is 6.07 Å². The Labute approximate surface area is 274 Å². The molecular weight excluding hydrogens is 699 g/mol. The molecule has 0 unspecified atom stereocenters. The zero-order valence-corrected chi connectivity index (χ0v) is 27.8. The van der Waals surface area contributed by atoms with Gasteiger partial charge in [0.25, 0.3) is 5.56 Å². The molecule has 0 radical (unpaired) electrons. The summed E-state index contributed by atoms with van der Waals surface area (Å²) in [6, 6.07) is 15.1. The van der Waals surface area contributed by atoms with Crippen molar-refractivity contribution in [2.45, 2.75) is 26.5 Å². The molecule has 4 aromatic rings. The molecule has 1 atom stereocenters. The molecule has 0 aliphatic carbocycles. The van der Waals surface area contributed by atoms with Gasteiger partial charge in [0.05, 0.1) is 40.0 Å². The molecule has 7 nitrogen and oxygen atoms in total. The second-order valence-electron chi connectivity index (χ2n) is 9.41. The van der Waals surface area contributed by atoms with Crippen LogP contribution in [0.1, 0.15) is 36.6 Å². The van der Waals surface area contributed by atoms with Gasteiger partial charge >= 0.3 is 5.97 Å². The number of carbonyl (C=O) groups excluding carboxylic acids is 1. The van der Waals surface area contributed by atoms with Crippen LogP contribution >= 0.6 is 62.1 Å². The molecule has 12 heteroatoms. The Balaban J connectivity index is 1.56. The van der Waals surface area contributed by atoms with Gasteiger partial charge in [0.15, 0.2) is 16.3 Å². The Bertz CT molecular complexity index is 1940. The number of fused-ring (bicyclic) bond motifs is 1. The van der Waals surface area contributed by atoms with Gasteiger partial charge in [-0.05, 0) is 83.4 Å². The molecule has 0 N–H and O–H groups in total. The van der Waals surface area contributed by atoms with Crippen LogP contribution in [0.5, 0.6) is 11.5 Å². The lowest BCUT2D eigenvalue weighted by Crippen LogP contribution is -2.39. The largest absolute Gasteiger partial charge is 0.493 e. The minimum Gasteiger partial charge on any atom is -0.493 e.